The summed E-state index contributed by atoms with van der Waals surface area (Å²) >= 11 is 0. The number of rotatable bonds is 11. The second kappa shape index (κ2) is 11.3. The van der Waals surface area contributed by atoms with E-state index in [1.807, 2.05) is 20.8 Å². The number of nitrogens with two attached hydrogens (primary N) is 1. The predicted molar refractivity (Wildman–Crippen MR) is 104 cm³/mol. The Morgan fingerprint density at radius 3 is 2.19 bits per heavy atom. The van der Waals surface area contributed by atoms with Gasteiger partial charge in [-0.2, -0.15) is 0 Å². The number of hydrogen-bond donors (Lipinski definition) is 4. The third kappa shape index (κ3) is 8.21. The molecule has 1 rings (SSSR count). The standard InChI is InChI=1S/C20H31N3O4/c1-13(2)14(3)19(26)23-17(5-4-10-22-20(21)27)18(25)11-15-6-8-16(12-24)9-7-15/h6-9,13-14,17,24H,4-5,10-12H2,1-3H3,(H,23,26)(H3,21,22,27)/t14-,17-/m0/s1. The van der Waals surface area contributed by atoms with Crippen LogP contribution in [0.25, 0.3) is 0 Å². The quantitative estimate of drug-likeness (QED) is 0.437. The Bertz CT molecular complexity index is 629. The van der Waals surface area contributed by atoms with E-state index >= 15 is 0 Å². The van der Waals surface area contributed by atoms with Crippen LogP contribution in [-0.4, -0.2) is 35.4 Å². The number of aliphatic hydroxyl groups is 1. The van der Waals surface area contributed by atoms with Crippen molar-refractivity contribution in [1.82, 2.24) is 10.6 Å². The van der Waals surface area contributed by atoms with Gasteiger partial charge in [-0.3, -0.25) is 9.59 Å². The summed E-state index contributed by atoms with van der Waals surface area (Å²) < 4.78 is 0. The molecular weight excluding hydrogens is 346 g/mol. The highest BCUT2D eigenvalue weighted by atomic mass is 16.3. The molecule has 0 fully saturated rings. The molecule has 0 saturated heterocycles. The van der Waals surface area contributed by atoms with Crippen molar-refractivity contribution in [3.05, 3.63) is 35.4 Å². The first-order valence-electron chi connectivity index (χ1n) is 9.29. The van der Waals surface area contributed by atoms with Crippen LogP contribution in [0.5, 0.6) is 0 Å². The summed E-state index contributed by atoms with van der Waals surface area (Å²) in [5.41, 5.74) is 6.64. The van der Waals surface area contributed by atoms with Crippen molar-refractivity contribution in [2.24, 2.45) is 17.6 Å². The van der Waals surface area contributed by atoms with Crippen molar-refractivity contribution >= 4 is 17.7 Å². The highest BCUT2D eigenvalue weighted by molar-refractivity contribution is 5.91. The Kier molecular flexibility index (Phi) is 9.50. The first-order chi connectivity index (χ1) is 12.7. The van der Waals surface area contributed by atoms with Crippen LogP contribution in [0.15, 0.2) is 24.3 Å². The minimum atomic E-state index is -0.620. The zero-order chi connectivity index (χ0) is 20.4. The molecule has 0 unspecified atom stereocenters. The van der Waals surface area contributed by atoms with E-state index in [4.69, 9.17) is 10.8 Å². The number of ketones is 1. The van der Waals surface area contributed by atoms with Crippen LogP contribution in [-0.2, 0) is 22.6 Å². The lowest BCUT2D eigenvalue weighted by Gasteiger charge is -2.22. The number of amides is 3. The Morgan fingerprint density at radius 1 is 1.07 bits per heavy atom. The number of carbonyl (C=O) groups excluding carboxylic acids is 3. The largest absolute Gasteiger partial charge is 0.392 e. The molecule has 0 aromatic heterocycles. The van der Waals surface area contributed by atoms with Gasteiger partial charge in [0.1, 0.15) is 0 Å². The van der Waals surface area contributed by atoms with Gasteiger partial charge >= 0.3 is 6.03 Å². The van der Waals surface area contributed by atoms with Crippen molar-refractivity contribution in [2.45, 2.75) is 52.7 Å². The molecule has 27 heavy (non-hydrogen) atoms. The Hall–Kier alpha value is -2.41. The number of primary amides is 1. The number of Topliss-reactive ketones (excluding diaryl/α,β-unsaturated/α-hetero) is 1. The molecule has 7 nitrogen and oxygen atoms in total. The zero-order valence-corrected chi connectivity index (χ0v) is 16.3. The molecule has 5 N–H and O–H groups in total. The molecule has 3 amide bonds. The second-order valence-electron chi connectivity index (χ2n) is 7.14. The van der Waals surface area contributed by atoms with Crippen molar-refractivity contribution in [2.75, 3.05) is 6.54 Å². The molecule has 0 aliphatic rings. The molecule has 0 heterocycles. The predicted octanol–water partition coefficient (Wildman–Crippen LogP) is 1.52. The van der Waals surface area contributed by atoms with Crippen LogP contribution >= 0.6 is 0 Å². The molecule has 7 heteroatoms. The number of aliphatic hydroxyl groups excluding tert-OH is 1. The highest BCUT2D eigenvalue weighted by Crippen LogP contribution is 2.12. The molecular formula is C20H31N3O4. The Balaban J connectivity index is 2.75. The maximum absolute atomic E-state index is 12.7. The SMILES string of the molecule is CC(C)[C@H](C)C(=O)N[C@@H](CCCNC(N)=O)C(=O)Cc1ccc(CO)cc1. The van der Waals surface area contributed by atoms with Gasteiger partial charge < -0.3 is 21.5 Å². The molecule has 0 spiro atoms. The van der Waals surface area contributed by atoms with Crippen LogP contribution in [0.4, 0.5) is 4.79 Å². The van der Waals surface area contributed by atoms with Gasteiger partial charge in [-0.25, -0.2) is 4.79 Å². The van der Waals surface area contributed by atoms with Gasteiger partial charge in [0.25, 0.3) is 0 Å². The van der Waals surface area contributed by atoms with Gasteiger partial charge in [-0.05, 0) is 29.9 Å². The average molecular weight is 377 g/mol. The first kappa shape index (κ1) is 22.6. The van der Waals surface area contributed by atoms with Crippen LogP contribution < -0.4 is 16.4 Å². The number of nitrogens with one attached hydrogen (secondary N) is 2. The smallest absolute Gasteiger partial charge is 0.312 e. The second-order valence-corrected chi connectivity index (χ2v) is 7.14. The van der Waals surface area contributed by atoms with Gasteiger partial charge in [0.2, 0.25) is 5.91 Å². The number of urea groups is 1. The number of benzene rings is 1. The fraction of sp³-hybridized carbons (Fsp3) is 0.550. The maximum atomic E-state index is 12.7. The topological polar surface area (TPSA) is 122 Å². The molecule has 1 aromatic rings. The van der Waals surface area contributed by atoms with Gasteiger partial charge in [0.15, 0.2) is 5.78 Å². The molecule has 1 aromatic carbocycles. The van der Waals surface area contributed by atoms with E-state index in [0.717, 1.165) is 11.1 Å². The molecule has 0 aliphatic heterocycles. The van der Waals surface area contributed by atoms with Gasteiger partial charge in [0.05, 0.1) is 12.6 Å². The first-order valence-corrected chi connectivity index (χ1v) is 9.29. The third-order valence-electron chi connectivity index (χ3n) is 4.67. The van der Waals surface area contributed by atoms with Gasteiger partial charge in [-0.1, -0.05) is 45.0 Å². The van der Waals surface area contributed by atoms with E-state index in [1.165, 1.54) is 0 Å². The van der Waals surface area contributed by atoms with E-state index in [1.54, 1.807) is 24.3 Å². The fourth-order valence-electron chi connectivity index (χ4n) is 2.52. The van der Waals surface area contributed by atoms with Crippen LogP contribution in [0.1, 0.15) is 44.7 Å². The van der Waals surface area contributed by atoms with Crippen LogP contribution in [0.3, 0.4) is 0 Å². The van der Waals surface area contributed by atoms with Gasteiger partial charge in [0, 0.05) is 18.9 Å². The van der Waals surface area contributed by atoms with E-state index in [9.17, 15) is 14.4 Å². The molecule has 0 aliphatic carbocycles. The van der Waals surface area contributed by atoms with E-state index < -0.39 is 12.1 Å². The zero-order valence-electron chi connectivity index (χ0n) is 16.3. The molecule has 0 bridgehead atoms. The van der Waals surface area contributed by atoms with Crippen LogP contribution in [0.2, 0.25) is 0 Å². The van der Waals surface area contributed by atoms with Crippen molar-refractivity contribution in [3.8, 4) is 0 Å². The summed E-state index contributed by atoms with van der Waals surface area (Å²) in [6, 6.07) is 5.91. The normalized spacial score (nSPS) is 13.1. The number of hydrogen-bond acceptors (Lipinski definition) is 4. The lowest BCUT2D eigenvalue weighted by Crippen LogP contribution is -2.45. The summed E-state index contributed by atoms with van der Waals surface area (Å²) in [6.07, 6.45) is 1.14. The summed E-state index contributed by atoms with van der Waals surface area (Å²) in [4.78, 5) is 35.9. The Labute approximate surface area is 160 Å². The molecule has 0 saturated carbocycles. The van der Waals surface area contributed by atoms with Crippen LogP contribution in [0, 0.1) is 11.8 Å². The minimum absolute atomic E-state index is 0.0487. The van der Waals surface area contributed by atoms with E-state index in [2.05, 4.69) is 10.6 Å². The van der Waals surface area contributed by atoms with Gasteiger partial charge in [-0.15, -0.1) is 0 Å². The van der Waals surface area contributed by atoms with Crippen molar-refractivity contribution in [3.63, 3.8) is 0 Å². The third-order valence-corrected chi connectivity index (χ3v) is 4.67. The van der Waals surface area contributed by atoms with Crippen molar-refractivity contribution in [1.29, 1.82) is 0 Å². The Morgan fingerprint density at radius 2 is 1.67 bits per heavy atom. The summed E-state index contributed by atoms with van der Waals surface area (Å²) in [6.45, 7) is 6.05. The molecule has 2 atom stereocenters. The van der Waals surface area contributed by atoms with E-state index in [-0.39, 0.29) is 36.6 Å². The fourth-order valence-corrected chi connectivity index (χ4v) is 2.52. The number of carbonyl (C=O) groups is 3. The van der Waals surface area contributed by atoms with Crippen molar-refractivity contribution < 1.29 is 19.5 Å². The summed E-state index contributed by atoms with van der Waals surface area (Å²) in [5, 5.41) is 14.4. The van der Waals surface area contributed by atoms with E-state index in [0.29, 0.717) is 19.4 Å². The highest BCUT2D eigenvalue weighted by Gasteiger charge is 2.24. The molecule has 150 valence electrons. The summed E-state index contributed by atoms with van der Waals surface area (Å²) in [5.74, 6) is -0.270. The lowest BCUT2D eigenvalue weighted by atomic mass is 9.95. The maximum Gasteiger partial charge on any atom is 0.312 e. The average Bonchev–Trinajstić information content (AvgIpc) is 2.63. The summed E-state index contributed by atoms with van der Waals surface area (Å²) in [7, 11) is 0. The molecule has 0 radical (unpaired) electrons. The monoisotopic (exact) mass is 377 g/mol. The minimum Gasteiger partial charge on any atom is -0.392 e. The lowest BCUT2D eigenvalue weighted by molar-refractivity contribution is -0.130.